The van der Waals surface area contributed by atoms with Gasteiger partial charge in [-0.2, -0.15) is 0 Å². The second-order valence-electron chi connectivity index (χ2n) is 6.22. The van der Waals surface area contributed by atoms with E-state index in [2.05, 4.69) is 57.0 Å². The molecule has 5 rings (SSSR count). The van der Waals surface area contributed by atoms with Crippen LogP contribution < -0.4 is 0 Å². The molecule has 0 N–H and O–H groups in total. The quantitative estimate of drug-likeness (QED) is 0.358. The number of aromatic nitrogens is 5. The first-order chi connectivity index (χ1) is 12.5. The van der Waals surface area contributed by atoms with Crippen LogP contribution in [-0.2, 0) is 6.42 Å². The molecule has 0 amide bonds. The molecule has 0 aromatic carbocycles. The van der Waals surface area contributed by atoms with Gasteiger partial charge in [0.05, 0.1) is 10.4 Å². The van der Waals surface area contributed by atoms with E-state index in [1.165, 1.54) is 10.4 Å². The average molecular weight is 444 g/mol. The Balaban J connectivity index is 1.80. The van der Waals surface area contributed by atoms with Crippen LogP contribution >= 0.6 is 38.6 Å². The molecule has 26 heavy (non-hydrogen) atoms. The van der Waals surface area contributed by atoms with E-state index in [-0.39, 0.29) is 0 Å². The van der Waals surface area contributed by atoms with E-state index in [4.69, 9.17) is 4.98 Å². The smallest absolute Gasteiger partial charge is 0.192 e. The minimum absolute atomic E-state index is 0.739. The molecule has 0 saturated carbocycles. The van der Waals surface area contributed by atoms with Gasteiger partial charge in [0.25, 0.3) is 0 Å². The third-order valence-corrected chi connectivity index (χ3v) is 7.71. The van der Waals surface area contributed by atoms with Crippen molar-refractivity contribution >= 4 is 64.7 Å². The minimum Gasteiger partial charge on any atom is -0.242 e. The summed E-state index contributed by atoms with van der Waals surface area (Å²) < 4.78 is 3.93. The van der Waals surface area contributed by atoms with E-state index < -0.39 is 0 Å². The molecule has 0 aliphatic carbocycles. The minimum atomic E-state index is 0.739. The zero-order valence-electron chi connectivity index (χ0n) is 14.4. The second kappa shape index (κ2) is 5.80. The zero-order valence-corrected chi connectivity index (χ0v) is 17.6. The Morgan fingerprint density at radius 1 is 1.15 bits per heavy atom. The first kappa shape index (κ1) is 16.3. The van der Waals surface area contributed by atoms with Gasteiger partial charge in [-0.05, 0) is 53.9 Å². The van der Waals surface area contributed by atoms with Crippen LogP contribution in [0.15, 0.2) is 22.9 Å². The molecule has 8 heteroatoms. The van der Waals surface area contributed by atoms with Gasteiger partial charge in [0, 0.05) is 20.4 Å². The number of nitrogens with zero attached hydrogens (tertiary/aromatic N) is 5. The standard InChI is InChI=1S/C18H14BrN5S2/c1-4-11-10(19)6-12(25-11)16-22-17-15-14(20-7-24(17)23-16)13-8(2)5-9(3)21-18(13)26-15/h5-7H,4H2,1-3H3. The molecule has 130 valence electrons. The summed E-state index contributed by atoms with van der Waals surface area (Å²) in [6.07, 6.45) is 2.74. The number of thiophene rings is 2. The molecule has 5 aromatic heterocycles. The van der Waals surface area contributed by atoms with Crippen LogP contribution in [0.2, 0.25) is 0 Å². The Morgan fingerprint density at radius 2 is 2.00 bits per heavy atom. The lowest BCUT2D eigenvalue weighted by Crippen LogP contribution is -1.90. The number of pyridine rings is 1. The maximum atomic E-state index is 4.83. The molecule has 0 aliphatic heterocycles. The molecule has 0 fully saturated rings. The van der Waals surface area contributed by atoms with E-state index >= 15 is 0 Å². The summed E-state index contributed by atoms with van der Waals surface area (Å²) in [5.41, 5.74) is 4.02. The molecule has 0 unspecified atom stereocenters. The van der Waals surface area contributed by atoms with Gasteiger partial charge < -0.3 is 0 Å². The molecule has 5 nitrogen and oxygen atoms in total. The molecule has 5 aromatic rings. The maximum Gasteiger partial charge on any atom is 0.192 e. The Hall–Kier alpha value is -1.90. The molecular formula is C18H14BrN5S2. The van der Waals surface area contributed by atoms with Gasteiger partial charge in [-0.25, -0.2) is 19.5 Å². The van der Waals surface area contributed by atoms with Gasteiger partial charge in [-0.15, -0.1) is 27.8 Å². The van der Waals surface area contributed by atoms with Crippen molar-refractivity contribution in [2.75, 3.05) is 0 Å². The molecule has 0 spiro atoms. The largest absolute Gasteiger partial charge is 0.242 e. The number of halogens is 1. The fourth-order valence-electron chi connectivity index (χ4n) is 3.23. The molecule has 0 bridgehead atoms. The predicted molar refractivity (Wildman–Crippen MR) is 111 cm³/mol. The van der Waals surface area contributed by atoms with Crippen LogP contribution in [0.3, 0.4) is 0 Å². The summed E-state index contributed by atoms with van der Waals surface area (Å²) in [4.78, 5) is 17.6. The highest BCUT2D eigenvalue weighted by atomic mass is 79.9. The van der Waals surface area contributed by atoms with Crippen LogP contribution in [0.1, 0.15) is 23.1 Å². The van der Waals surface area contributed by atoms with Crippen molar-refractivity contribution in [2.24, 2.45) is 0 Å². The summed E-state index contributed by atoms with van der Waals surface area (Å²) in [6.45, 7) is 6.29. The number of hydrogen-bond acceptors (Lipinski definition) is 6. The van der Waals surface area contributed by atoms with Crippen molar-refractivity contribution in [3.05, 3.63) is 39.1 Å². The van der Waals surface area contributed by atoms with Crippen molar-refractivity contribution in [3.63, 3.8) is 0 Å². The van der Waals surface area contributed by atoms with Gasteiger partial charge in [0.2, 0.25) is 0 Å². The number of hydrogen-bond donors (Lipinski definition) is 0. The first-order valence-corrected chi connectivity index (χ1v) is 10.7. The monoisotopic (exact) mass is 443 g/mol. The highest BCUT2D eigenvalue weighted by Gasteiger charge is 2.18. The van der Waals surface area contributed by atoms with Crippen molar-refractivity contribution < 1.29 is 0 Å². The average Bonchev–Trinajstić information content (AvgIpc) is 3.27. The summed E-state index contributed by atoms with van der Waals surface area (Å²) in [6, 6.07) is 4.20. The third kappa shape index (κ3) is 2.32. The van der Waals surface area contributed by atoms with E-state index in [0.717, 1.165) is 53.4 Å². The van der Waals surface area contributed by atoms with Crippen molar-refractivity contribution in [3.8, 4) is 10.7 Å². The van der Waals surface area contributed by atoms with Crippen LogP contribution in [-0.4, -0.2) is 24.6 Å². The van der Waals surface area contributed by atoms with Crippen molar-refractivity contribution in [1.82, 2.24) is 24.6 Å². The van der Waals surface area contributed by atoms with Gasteiger partial charge >= 0.3 is 0 Å². The normalized spacial score (nSPS) is 12.0. The summed E-state index contributed by atoms with van der Waals surface area (Å²) in [5.74, 6) is 0.739. The summed E-state index contributed by atoms with van der Waals surface area (Å²) in [5, 5.41) is 5.77. The summed E-state index contributed by atoms with van der Waals surface area (Å²) in [7, 11) is 0. The van der Waals surface area contributed by atoms with Crippen LogP contribution in [0.25, 0.3) is 36.8 Å². The Morgan fingerprint density at radius 3 is 2.77 bits per heavy atom. The second-order valence-corrected chi connectivity index (χ2v) is 9.21. The van der Waals surface area contributed by atoms with Crippen molar-refractivity contribution in [2.45, 2.75) is 27.2 Å². The lowest BCUT2D eigenvalue weighted by molar-refractivity contribution is 0.941. The van der Waals surface area contributed by atoms with Crippen molar-refractivity contribution in [1.29, 1.82) is 0 Å². The zero-order chi connectivity index (χ0) is 18.0. The van der Waals surface area contributed by atoms with E-state index in [0.29, 0.717) is 0 Å². The Bertz CT molecular complexity index is 1310. The van der Waals surface area contributed by atoms with Gasteiger partial charge in [-0.1, -0.05) is 6.92 Å². The van der Waals surface area contributed by atoms with Gasteiger partial charge in [0.15, 0.2) is 11.5 Å². The predicted octanol–water partition coefficient (Wildman–Crippen LogP) is 5.56. The fourth-order valence-corrected chi connectivity index (χ4v) is 6.28. The van der Waals surface area contributed by atoms with Gasteiger partial charge in [-0.3, -0.25) is 0 Å². The molecule has 0 atom stereocenters. The SMILES string of the molecule is CCc1sc(-c2nc3c4sc5nc(C)cc(C)c5c4ncn3n2)cc1Br. The first-order valence-electron chi connectivity index (χ1n) is 8.25. The molecule has 0 saturated heterocycles. The van der Waals surface area contributed by atoms with E-state index in [1.807, 2.05) is 6.92 Å². The third-order valence-electron chi connectivity index (χ3n) is 4.39. The maximum absolute atomic E-state index is 4.83. The van der Waals surface area contributed by atoms with E-state index in [1.54, 1.807) is 33.5 Å². The van der Waals surface area contributed by atoms with E-state index in [9.17, 15) is 0 Å². The van der Waals surface area contributed by atoms with Crippen LogP contribution in [0.5, 0.6) is 0 Å². The molecule has 0 radical (unpaired) electrons. The molecule has 5 heterocycles. The Kier molecular flexibility index (Phi) is 3.63. The fraction of sp³-hybridized carbons (Fsp3) is 0.222. The lowest BCUT2D eigenvalue weighted by Gasteiger charge is -1.98. The highest BCUT2D eigenvalue weighted by Crippen LogP contribution is 2.37. The van der Waals surface area contributed by atoms with Gasteiger partial charge in [0.1, 0.15) is 15.9 Å². The number of aryl methyl sites for hydroxylation is 3. The number of rotatable bonds is 2. The molecule has 0 aliphatic rings. The topological polar surface area (TPSA) is 56.0 Å². The number of fused-ring (bicyclic) bond motifs is 5. The van der Waals surface area contributed by atoms with Crippen LogP contribution in [0, 0.1) is 13.8 Å². The Labute approximate surface area is 165 Å². The highest BCUT2D eigenvalue weighted by molar-refractivity contribution is 9.10. The van der Waals surface area contributed by atoms with Crippen LogP contribution in [0.4, 0.5) is 0 Å². The summed E-state index contributed by atoms with van der Waals surface area (Å²) >= 11 is 6.99. The lowest BCUT2D eigenvalue weighted by atomic mass is 10.1. The molecular weight excluding hydrogens is 430 g/mol.